The van der Waals surface area contributed by atoms with Crippen molar-refractivity contribution in [2.24, 2.45) is 11.1 Å². The van der Waals surface area contributed by atoms with Gasteiger partial charge >= 0.3 is 0 Å². The Morgan fingerprint density at radius 1 is 1.24 bits per heavy atom. The summed E-state index contributed by atoms with van der Waals surface area (Å²) in [6, 6.07) is 1.92. The van der Waals surface area contributed by atoms with E-state index < -0.39 is 0 Å². The van der Waals surface area contributed by atoms with Gasteiger partial charge in [-0.25, -0.2) is 9.97 Å². The molecule has 0 saturated heterocycles. The Morgan fingerprint density at radius 2 is 1.88 bits per heavy atom. The molecule has 0 unspecified atom stereocenters. The van der Waals surface area contributed by atoms with Gasteiger partial charge in [-0.05, 0) is 18.4 Å². The van der Waals surface area contributed by atoms with Gasteiger partial charge in [-0.3, -0.25) is 0 Å². The van der Waals surface area contributed by atoms with E-state index in [4.69, 9.17) is 5.73 Å². The summed E-state index contributed by atoms with van der Waals surface area (Å²) < 4.78 is 0. The van der Waals surface area contributed by atoms with Crippen molar-refractivity contribution in [1.29, 1.82) is 0 Å². The summed E-state index contributed by atoms with van der Waals surface area (Å²) in [4.78, 5) is 8.34. The van der Waals surface area contributed by atoms with Crippen LogP contribution in [0.2, 0.25) is 0 Å². The maximum atomic E-state index is 5.68. The Labute approximate surface area is 103 Å². The van der Waals surface area contributed by atoms with Gasteiger partial charge in [0.15, 0.2) is 0 Å². The minimum atomic E-state index is 0.0714. The van der Waals surface area contributed by atoms with Gasteiger partial charge in [0.2, 0.25) is 0 Å². The summed E-state index contributed by atoms with van der Waals surface area (Å²) in [5.74, 6) is 1.69. The van der Waals surface area contributed by atoms with Gasteiger partial charge in [0.1, 0.15) is 18.0 Å². The third-order valence-corrected chi connectivity index (χ3v) is 2.52. The lowest BCUT2D eigenvalue weighted by atomic mass is 9.94. The summed E-state index contributed by atoms with van der Waals surface area (Å²) in [5, 5.41) is 6.51. The van der Waals surface area contributed by atoms with Crippen molar-refractivity contribution in [3.8, 4) is 0 Å². The Kier molecular flexibility index (Phi) is 5.15. The molecule has 0 amide bonds. The second-order valence-corrected chi connectivity index (χ2v) is 4.94. The van der Waals surface area contributed by atoms with E-state index in [2.05, 4.69) is 41.4 Å². The quantitative estimate of drug-likeness (QED) is 0.673. The van der Waals surface area contributed by atoms with Gasteiger partial charge in [-0.1, -0.05) is 20.8 Å². The van der Waals surface area contributed by atoms with Crippen LogP contribution in [0.15, 0.2) is 12.4 Å². The molecule has 96 valence electrons. The average molecular weight is 237 g/mol. The number of anilines is 2. The molecular formula is C12H23N5. The van der Waals surface area contributed by atoms with Crippen molar-refractivity contribution in [2.45, 2.75) is 27.2 Å². The summed E-state index contributed by atoms with van der Waals surface area (Å²) in [6.07, 6.45) is 2.64. The molecule has 0 atom stereocenters. The molecule has 0 radical (unpaired) electrons. The highest BCUT2D eigenvalue weighted by atomic mass is 15.1. The lowest BCUT2D eigenvalue weighted by molar-refractivity contribution is 0.405. The van der Waals surface area contributed by atoms with Gasteiger partial charge in [0, 0.05) is 19.2 Å². The van der Waals surface area contributed by atoms with E-state index in [-0.39, 0.29) is 5.41 Å². The maximum absolute atomic E-state index is 5.68. The molecule has 1 heterocycles. The fraction of sp³-hybridized carbons (Fsp3) is 0.667. The van der Waals surface area contributed by atoms with Crippen LogP contribution in [-0.4, -0.2) is 29.6 Å². The van der Waals surface area contributed by atoms with Crippen LogP contribution in [0.4, 0.5) is 11.6 Å². The zero-order valence-corrected chi connectivity index (χ0v) is 11.0. The highest BCUT2D eigenvalue weighted by molar-refractivity contribution is 5.46. The normalized spacial score (nSPS) is 11.3. The molecule has 5 nitrogen and oxygen atoms in total. The third-order valence-electron chi connectivity index (χ3n) is 2.52. The number of aromatic nitrogens is 2. The predicted molar refractivity (Wildman–Crippen MR) is 72.1 cm³/mol. The van der Waals surface area contributed by atoms with Gasteiger partial charge in [0.05, 0.1) is 0 Å². The Balaban J connectivity index is 2.53. The molecule has 0 aliphatic carbocycles. The first-order chi connectivity index (χ1) is 8.07. The van der Waals surface area contributed by atoms with Crippen molar-refractivity contribution in [3.05, 3.63) is 12.4 Å². The molecule has 1 rings (SSSR count). The molecule has 0 aromatic carbocycles. The van der Waals surface area contributed by atoms with Crippen LogP contribution >= 0.6 is 0 Å². The first kappa shape index (κ1) is 13.7. The fourth-order valence-electron chi connectivity index (χ4n) is 1.21. The molecule has 0 saturated carbocycles. The van der Waals surface area contributed by atoms with E-state index in [1.807, 2.05) is 6.07 Å². The highest BCUT2D eigenvalue weighted by Crippen LogP contribution is 2.15. The number of nitrogens with zero attached hydrogens (tertiary/aromatic N) is 2. The Morgan fingerprint density at radius 3 is 2.47 bits per heavy atom. The molecule has 0 bridgehead atoms. The van der Waals surface area contributed by atoms with Crippen LogP contribution in [0.25, 0.3) is 0 Å². The molecular weight excluding hydrogens is 214 g/mol. The first-order valence-electron chi connectivity index (χ1n) is 6.07. The summed E-state index contributed by atoms with van der Waals surface area (Å²) in [6.45, 7) is 8.73. The fourth-order valence-corrected chi connectivity index (χ4v) is 1.21. The molecule has 4 N–H and O–H groups in total. The first-order valence-corrected chi connectivity index (χ1v) is 6.07. The van der Waals surface area contributed by atoms with Gasteiger partial charge in [0.25, 0.3) is 0 Å². The van der Waals surface area contributed by atoms with Crippen molar-refractivity contribution >= 4 is 11.6 Å². The van der Waals surface area contributed by atoms with Crippen LogP contribution in [0.5, 0.6) is 0 Å². The SMILES string of the molecule is CCCNc1cc(NCC(C)(C)CN)ncn1. The highest BCUT2D eigenvalue weighted by Gasteiger charge is 2.15. The summed E-state index contributed by atoms with van der Waals surface area (Å²) in [5.41, 5.74) is 5.75. The summed E-state index contributed by atoms with van der Waals surface area (Å²) in [7, 11) is 0. The molecule has 0 aliphatic rings. The Hall–Kier alpha value is -1.36. The molecule has 5 heteroatoms. The van der Waals surface area contributed by atoms with Crippen LogP contribution < -0.4 is 16.4 Å². The van der Waals surface area contributed by atoms with E-state index in [9.17, 15) is 0 Å². The smallest absolute Gasteiger partial charge is 0.131 e. The number of hydrogen-bond donors (Lipinski definition) is 3. The lowest BCUT2D eigenvalue weighted by Gasteiger charge is -2.22. The summed E-state index contributed by atoms with van der Waals surface area (Å²) >= 11 is 0. The second kappa shape index (κ2) is 6.39. The van der Waals surface area contributed by atoms with Crippen LogP contribution in [-0.2, 0) is 0 Å². The number of nitrogens with two attached hydrogens (primary N) is 1. The largest absolute Gasteiger partial charge is 0.370 e. The standard InChI is InChI=1S/C12H23N5/c1-4-5-14-10-6-11(17-9-16-10)15-8-12(2,3)7-13/h6,9H,4-5,7-8,13H2,1-3H3,(H2,14,15,16,17). The zero-order valence-electron chi connectivity index (χ0n) is 11.0. The van der Waals surface area contributed by atoms with Gasteiger partial charge in [-0.15, -0.1) is 0 Å². The topological polar surface area (TPSA) is 75.9 Å². The molecule has 0 aliphatic heterocycles. The lowest BCUT2D eigenvalue weighted by Crippen LogP contribution is -2.31. The predicted octanol–water partition coefficient (Wildman–Crippen LogP) is 1.70. The number of nitrogens with one attached hydrogen (secondary N) is 2. The van der Waals surface area contributed by atoms with Gasteiger partial charge in [-0.2, -0.15) is 0 Å². The minimum absolute atomic E-state index is 0.0714. The van der Waals surface area contributed by atoms with E-state index >= 15 is 0 Å². The minimum Gasteiger partial charge on any atom is -0.370 e. The number of rotatable bonds is 7. The van der Waals surface area contributed by atoms with Crippen LogP contribution in [0, 0.1) is 5.41 Å². The molecule has 1 aromatic heterocycles. The molecule has 17 heavy (non-hydrogen) atoms. The van der Waals surface area contributed by atoms with Crippen molar-refractivity contribution < 1.29 is 0 Å². The van der Waals surface area contributed by atoms with Crippen molar-refractivity contribution in [2.75, 3.05) is 30.3 Å². The van der Waals surface area contributed by atoms with Crippen molar-refractivity contribution in [3.63, 3.8) is 0 Å². The monoisotopic (exact) mass is 237 g/mol. The van der Waals surface area contributed by atoms with E-state index in [1.165, 1.54) is 0 Å². The molecule has 0 spiro atoms. The van der Waals surface area contributed by atoms with Crippen LogP contribution in [0.3, 0.4) is 0 Å². The molecule has 1 aromatic rings. The van der Waals surface area contributed by atoms with E-state index in [0.717, 1.165) is 31.1 Å². The maximum Gasteiger partial charge on any atom is 0.131 e. The Bertz CT molecular complexity index is 337. The van der Waals surface area contributed by atoms with Crippen molar-refractivity contribution in [1.82, 2.24) is 9.97 Å². The van der Waals surface area contributed by atoms with Crippen LogP contribution in [0.1, 0.15) is 27.2 Å². The zero-order chi connectivity index (χ0) is 12.7. The average Bonchev–Trinajstić information content (AvgIpc) is 2.35. The third kappa shape index (κ3) is 4.99. The molecule has 0 fully saturated rings. The van der Waals surface area contributed by atoms with Gasteiger partial charge < -0.3 is 16.4 Å². The number of hydrogen-bond acceptors (Lipinski definition) is 5. The van der Waals surface area contributed by atoms with E-state index in [1.54, 1.807) is 6.33 Å². The second-order valence-electron chi connectivity index (χ2n) is 4.94. The van der Waals surface area contributed by atoms with E-state index in [0.29, 0.717) is 6.54 Å².